The van der Waals surface area contributed by atoms with Gasteiger partial charge >= 0.3 is 0 Å². The molecule has 3 heterocycles. The molecule has 0 saturated carbocycles. The molecular formula is C15H20N4. The predicted molar refractivity (Wildman–Crippen MR) is 74.9 cm³/mol. The summed E-state index contributed by atoms with van der Waals surface area (Å²) in [5.41, 5.74) is 1.29. The first-order valence-corrected chi connectivity index (χ1v) is 6.99. The molecule has 1 aliphatic heterocycles. The summed E-state index contributed by atoms with van der Waals surface area (Å²) in [7, 11) is 0. The average Bonchev–Trinajstić information content (AvgIpc) is 2.94. The normalized spacial score (nSPS) is 19.9. The highest BCUT2D eigenvalue weighted by atomic mass is 15.1. The van der Waals surface area contributed by atoms with Crippen molar-refractivity contribution in [3.8, 4) is 0 Å². The summed E-state index contributed by atoms with van der Waals surface area (Å²) in [4.78, 5) is 8.56. The van der Waals surface area contributed by atoms with Gasteiger partial charge in [0.25, 0.3) is 0 Å². The zero-order chi connectivity index (χ0) is 13.1. The molecule has 0 aliphatic carbocycles. The molecular weight excluding hydrogens is 236 g/mol. The number of rotatable bonds is 4. The molecule has 0 saturated heterocycles. The maximum Gasteiger partial charge on any atom is 0.113 e. The van der Waals surface area contributed by atoms with E-state index in [1.165, 1.54) is 24.2 Å². The van der Waals surface area contributed by atoms with Gasteiger partial charge < -0.3 is 9.88 Å². The second kappa shape index (κ2) is 5.53. The average molecular weight is 256 g/mol. The van der Waals surface area contributed by atoms with Crippen LogP contribution >= 0.6 is 0 Å². The van der Waals surface area contributed by atoms with Crippen molar-refractivity contribution in [2.24, 2.45) is 0 Å². The Bertz CT molecular complexity index is 520. The topological polar surface area (TPSA) is 42.7 Å². The van der Waals surface area contributed by atoms with E-state index in [0.29, 0.717) is 12.0 Å². The van der Waals surface area contributed by atoms with Crippen LogP contribution in [0.3, 0.4) is 0 Å². The zero-order valence-electron chi connectivity index (χ0n) is 11.3. The molecule has 2 atom stereocenters. The lowest BCUT2D eigenvalue weighted by molar-refractivity contribution is 0.408. The number of nitrogens with zero attached hydrogens (tertiary/aromatic N) is 3. The third-order valence-corrected chi connectivity index (χ3v) is 3.94. The van der Waals surface area contributed by atoms with Gasteiger partial charge in [-0.1, -0.05) is 0 Å². The summed E-state index contributed by atoms with van der Waals surface area (Å²) < 4.78 is 2.28. The summed E-state index contributed by atoms with van der Waals surface area (Å²) in [6, 6.07) is 4.49. The Kier molecular flexibility index (Phi) is 3.60. The van der Waals surface area contributed by atoms with Crippen LogP contribution in [0, 0.1) is 0 Å². The largest absolute Gasteiger partial charge is 0.335 e. The van der Waals surface area contributed by atoms with E-state index in [0.717, 1.165) is 13.1 Å². The Balaban J connectivity index is 1.62. The molecule has 3 rings (SSSR count). The lowest BCUT2D eigenvalue weighted by atomic mass is 9.98. The first-order valence-electron chi connectivity index (χ1n) is 6.99. The SMILES string of the molecule is C[C@H](NC[C@@H]1CCCn2ccnc21)c1ccncc1. The van der Waals surface area contributed by atoms with Crippen LogP contribution < -0.4 is 5.32 Å². The maximum absolute atomic E-state index is 4.50. The van der Waals surface area contributed by atoms with Crippen LogP contribution in [-0.4, -0.2) is 21.1 Å². The number of aromatic nitrogens is 3. The van der Waals surface area contributed by atoms with E-state index in [-0.39, 0.29) is 0 Å². The fraction of sp³-hybridized carbons (Fsp3) is 0.467. The molecule has 0 spiro atoms. The third kappa shape index (κ3) is 2.68. The van der Waals surface area contributed by atoms with Crippen molar-refractivity contribution >= 4 is 0 Å². The van der Waals surface area contributed by atoms with Crippen LogP contribution in [0.2, 0.25) is 0 Å². The van der Waals surface area contributed by atoms with Crippen molar-refractivity contribution in [3.63, 3.8) is 0 Å². The second-order valence-corrected chi connectivity index (χ2v) is 5.23. The number of aryl methyl sites for hydroxylation is 1. The monoisotopic (exact) mass is 256 g/mol. The van der Waals surface area contributed by atoms with Crippen LogP contribution in [0.25, 0.3) is 0 Å². The molecule has 1 N–H and O–H groups in total. The lowest BCUT2D eigenvalue weighted by Gasteiger charge is -2.25. The molecule has 0 bridgehead atoms. The number of imidazole rings is 1. The molecule has 0 radical (unpaired) electrons. The van der Waals surface area contributed by atoms with Gasteiger partial charge in [-0.05, 0) is 37.5 Å². The fourth-order valence-corrected chi connectivity index (χ4v) is 2.79. The quantitative estimate of drug-likeness (QED) is 0.914. The van der Waals surface area contributed by atoms with Gasteiger partial charge in [0, 0.05) is 49.8 Å². The zero-order valence-corrected chi connectivity index (χ0v) is 11.3. The van der Waals surface area contributed by atoms with Gasteiger partial charge in [0.1, 0.15) is 5.82 Å². The molecule has 19 heavy (non-hydrogen) atoms. The summed E-state index contributed by atoms with van der Waals surface area (Å²) in [6.45, 7) is 4.30. The summed E-state index contributed by atoms with van der Waals surface area (Å²) in [5.74, 6) is 1.77. The molecule has 4 heteroatoms. The van der Waals surface area contributed by atoms with Gasteiger partial charge in [-0.15, -0.1) is 0 Å². The Morgan fingerprint density at radius 1 is 1.37 bits per heavy atom. The maximum atomic E-state index is 4.50. The third-order valence-electron chi connectivity index (χ3n) is 3.94. The number of pyridine rings is 1. The minimum Gasteiger partial charge on any atom is -0.335 e. The van der Waals surface area contributed by atoms with Gasteiger partial charge in [0.15, 0.2) is 0 Å². The molecule has 0 unspecified atom stereocenters. The minimum atomic E-state index is 0.355. The van der Waals surface area contributed by atoms with E-state index < -0.39 is 0 Å². The Morgan fingerprint density at radius 3 is 3.05 bits per heavy atom. The highest BCUT2D eigenvalue weighted by Crippen LogP contribution is 2.25. The fourth-order valence-electron chi connectivity index (χ4n) is 2.79. The van der Waals surface area contributed by atoms with Crippen molar-refractivity contribution in [1.82, 2.24) is 19.9 Å². The molecule has 4 nitrogen and oxygen atoms in total. The Labute approximate surface area is 113 Å². The molecule has 1 aliphatic rings. The van der Waals surface area contributed by atoms with Gasteiger partial charge in [0.05, 0.1) is 0 Å². The first kappa shape index (κ1) is 12.4. The molecule has 0 aromatic carbocycles. The smallest absolute Gasteiger partial charge is 0.113 e. The van der Waals surface area contributed by atoms with Gasteiger partial charge in [-0.3, -0.25) is 4.98 Å². The molecule has 0 fully saturated rings. The van der Waals surface area contributed by atoms with E-state index in [9.17, 15) is 0 Å². The molecule has 2 aromatic rings. The first-order chi connectivity index (χ1) is 9.34. The van der Waals surface area contributed by atoms with Crippen LogP contribution in [-0.2, 0) is 6.54 Å². The van der Waals surface area contributed by atoms with E-state index in [4.69, 9.17) is 0 Å². The number of hydrogen-bond donors (Lipinski definition) is 1. The van der Waals surface area contributed by atoms with Crippen molar-refractivity contribution in [1.29, 1.82) is 0 Å². The summed E-state index contributed by atoms with van der Waals surface area (Å²) in [5, 5.41) is 3.62. The number of nitrogens with one attached hydrogen (secondary N) is 1. The highest BCUT2D eigenvalue weighted by molar-refractivity contribution is 5.14. The second-order valence-electron chi connectivity index (χ2n) is 5.23. The van der Waals surface area contributed by atoms with Crippen molar-refractivity contribution in [2.75, 3.05) is 6.54 Å². The van der Waals surface area contributed by atoms with Gasteiger partial charge in [-0.2, -0.15) is 0 Å². The number of hydrogen-bond acceptors (Lipinski definition) is 3. The highest BCUT2D eigenvalue weighted by Gasteiger charge is 2.21. The van der Waals surface area contributed by atoms with E-state index in [1.54, 1.807) is 0 Å². The van der Waals surface area contributed by atoms with Crippen molar-refractivity contribution in [3.05, 3.63) is 48.3 Å². The van der Waals surface area contributed by atoms with E-state index in [1.807, 2.05) is 18.6 Å². The lowest BCUT2D eigenvalue weighted by Crippen LogP contribution is -2.28. The summed E-state index contributed by atoms with van der Waals surface area (Å²) >= 11 is 0. The van der Waals surface area contributed by atoms with E-state index >= 15 is 0 Å². The van der Waals surface area contributed by atoms with Crippen LogP contribution in [0.1, 0.15) is 43.1 Å². The minimum absolute atomic E-state index is 0.355. The molecule has 2 aromatic heterocycles. The van der Waals surface area contributed by atoms with Crippen LogP contribution in [0.5, 0.6) is 0 Å². The standard InChI is InChI=1S/C15H20N4/c1-12(13-4-6-16-7-5-13)18-11-14-3-2-9-19-10-8-17-15(14)19/h4-8,10,12,14,18H,2-3,9,11H2,1H3/t12-,14-/m0/s1. The predicted octanol–water partition coefficient (Wildman–Crippen LogP) is 2.51. The Morgan fingerprint density at radius 2 is 2.21 bits per heavy atom. The molecule has 0 amide bonds. The van der Waals surface area contributed by atoms with Gasteiger partial charge in [0.2, 0.25) is 0 Å². The van der Waals surface area contributed by atoms with Crippen LogP contribution in [0.4, 0.5) is 0 Å². The van der Waals surface area contributed by atoms with Crippen molar-refractivity contribution < 1.29 is 0 Å². The summed E-state index contributed by atoms with van der Waals surface area (Å²) in [6.07, 6.45) is 10.2. The van der Waals surface area contributed by atoms with Crippen molar-refractivity contribution in [2.45, 2.75) is 38.3 Å². The molecule has 100 valence electrons. The van der Waals surface area contributed by atoms with Crippen LogP contribution in [0.15, 0.2) is 36.9 Å². The van der Waals surface area contributed by atoms with Gasteiger partial charge in [-0.25, -0.2) is 4.98 Å². The Hall–Kier alpha value is -1.68. The van der Waals surface area contributed by atoms with E-state index in [2.05, 4.69) is 45.1 Å². The number of fused-ring (bicyclic) bond motifs is 1.